The van der Waals surface area contributed by atoms with Crippen molar-refractivity contribution in [1.29, 1.82) is 0 Å². The molecular formula is C13H16ClNO4S. The minimum Gasteiger partial charge on any atom is -0.478 e. The number of carboxylic acids is 1. The molecule has 1 amide bonds. The number of carbonyl (C=O) groups excluding carboxylic acids is 1. The summed E-state index contributed by atoms with van der Waals surface area (Å²) in [4.78, 5) is 22.6. The summed E-state index contributed by atoms with van der Waals surface area (Å²) in [5, 5.41) is 11.6. The number of amides is 1. The van der Waals surface area contributed by atoms with Crippen LogP contribution in [-0.2, 0) is 15.6 Å². The maximum atomic E-state index is 11.7. The predicted octanol–water partition coefficient (Wildman–Crippen LogP) is 2.53. The summed E-state index contributed by atoms with van der Waals surface area (Å²) in [5.74, 6) is -1.19. The second kappa shape index (κ2) is 8.01. The molecule has 0 spiro atoms. The molecule has 2 N–H and O–H groups in total. The van der Waals surface area contributed by atoms with Gasteiger partial charge in [0.2, 0.25) is 5.91 Å². The van der Waals surface area contributed by atoms with Gasteiger partial charge in [-0.3, -0.25) is 9.00 Å². The monoisotopic (exact) mass is 317 g/mol. The fourth-order valence-electron chi connectivity index (χ4n) is 1.46. The van der Waals surface area contributed by atoms with Gasteiger partial charge < -0.3 is 10.4 Å². The van der Waals surface area contributed by atoms with Gasteiger partial charge >= 0.3 is 5.97 Å². The number of aromatic carboxylic acids is 1. The standard InChI is InChI=1S/C13H16ClNO4S/c1-2-3-6-20(19)8-12(16)15-11-7-9(13(17)18)4-5-10(11)14/h4-5,7H,2-3,6,8H2,1H3,(H,15,16)(H,17,18). The molecule has 20 heavy (non-hydrogen) atoms. The second-order valence-corrected chi connectivity index (χ2v) is 6.17. The fourth-order valence-corrected chi connectivity index (χ4v) is 2.75. The number of carboxylic acid groups (broad SMARTS) is 1. The van der Waals surface area contributed by atoms with E-state index in [4.69, 9.17) is 16.7 Å². The molecule has 5 nitrogen and oxygen atoms in total. The molecule has 0 aliphatic rings. The van der Waals surface area contributed by atoms with Crippen LogP contribution in [0.5, 0.6) is 0 Å². The van der Waals surface area contributed by atoms with Gasteiger partial charge in [0.1, 0.15) is 5.75 Å². The predicted molar refractivity (Wildman–Crippen MR) is 79.8 cm³/mol. The molecule has 0 saturated heterocycles. The van der Waals surface area contributed by atoms with Crippen molar-refractivity contribution in [2.75, 3.05) is 16.8 Å². The van der Waals surface area contributed by atoms with Crippen LogP contribution in [0.1, 0.15) is 30.1 Å². The van der Waals surface area contributed by atoms with E-state index in [-0.39, 0.29) is 22.0 Å². The molecule has 0 bridgehead atoms. The molecule has 1 unspecified atom stereocenters. The van der Waals surface area contributed by atoms with Crippen molar-refractivity contribution >= 4 is 40.0 Å². The Labute approximate surface area is 124 Å². The zero-order valence-electron chi connectivity index (χ0n) is 11.0. The number of nitrogens with one attached hydrogen (secondary N) is 1. The van der Waals surface area contributed by atoms with Crippen molar-refractivity contribution in [2.24, 2.45) is 0 Å². The average molecular weight is 318 g/mol. The zero-order chi connectivity index (χ0) is 15.1. The molecule has 1 aromatic carbocycles. The van der Waals surface area contributed by atoms with Crippen LogP contribution in [-0.4, -0.2) is 32.7 Å². The van der Waals surface area contributed by atoms with Crippen LogP contribution in [0.15, 0.2) is 18.2 Å². The number of hydrogen-bond donors (Lipinski definition) is 2. The molecule has 1 aromatic rings. The minimum absolute atomic E-state index is 0.0248. The molecule has 0 aliphatic heterocycles. The third-order valence-electron chi connectivity index (χ3n) is 2.51. The van der Waals surface area contributed by atoms with Gasteiger partial charge in [0, 0.05) is 16.6 Å². The first-order chi connectivity index (χ1) is 9.43. The molecule has 7 heteroatoms. The first-order valence-electron chi connectivity index (χ1n) is 6.11. The van der Waals surface area contributed by atoms with Crippen LogP contribution in [0, 0.1) is 0 Å². The van der Waals surface area contributed by atoms with E-state index < -0.39 is 22.7 Å². The van der Waals surface area contributed by atoms with Crippen LogP contribution in [0.2, 0.25) is 5.02 Å². The Kier molecular flexibility index (Phi) is 6.67. The van der Waals surface area contributed by atoms with Crippen molar-refractivity contribution in [1.82, 2.24) is 0 Å². The molecular weight excluding hydrogens is 302 g/mol. The van der Waals surface area contributed by atoms with Crippen molar-refractivity contribution < 1.29 is 18.9 Å². The Morgan fingerprint density at radius 3 is 2.70 bits per heavy atom. The highest BCUT2D eigenvalue weighted by molar-refractivity contribution is 7.85. The van der Waals surface area contributed by atoms with E-state index >= 15 is 0 Å². The van der Waals surface area contributed by atoms with Gasteiger partial charge in [-0.1, -0.05) is 24.9 Å². The zero-order valence-corrected chi connectivity index (χ0v) is 12.6. The Balaban J connectivity index is 2.68. The van der Waals surface area contributed by atoms with Gasteiger partial charge in [0.25, 0.3) is 0 Å². The smallest absolute Gasteiger partial charge is 0.335 e. The molecule has 0 saturated carbocycles. The summed E-state index contributed by atoms with van der Waals surface area (Å²) in [7, 11) is -1.22. The highest BCUT2D eigenvalue weighted by Crippen LogP contribution is 2.23. The van der Waals surface area contributed by atoms with Crippen LogP contribution < -0.4 is 5.32 Å². The molecule has 0 radical (unpaired) electrons. The van der Waals surface area contributed by atoms with E-state index in [9.17, 15) is 13.8 Å². The largest absolute Gasteiger partial charge is 0.478 e. The second-order valence-electron chi connectivity index (χ2n) is 4.19. The lowest BCUT2D eigenvalue weighted by molar-refractivity contribution is -0.113. The number of hydrogen-bond acceptors (Lipinski definition) is 3. The van der Waals surface area contributed by atoms with E-state index in [1.807, 2.05) is 6.92 Å². The van der Waals surface area contributed by atoms with Crippen LogP contribution in [0.25, 0.3) is 0 Å². The van der Waals surface area contributed by atoms with Gasteiger partial charge in [-0.05, 0) is 24.6 Å². The topological polar surface area (TPSA) is 83.5 Å². The Hall–Kier alpha value is -1.40. The van der Waals surface area contributed by atoms with Crippen molar-refractivity contribution in [2.45, 2.75) is 19.8 Å². The first kappa shape index (κ1) is 16.7. The number of anilines is 1. The number of halogens is 1. The number of carbonyl (C=O) groups is 2. The lowest BCUT2D eigenvalue weighted by Crippen LogP contribution is -2.21. The summed E-state index contributed by atoms with van der Waals surface area (Å²) < 4.78 is 11.6. The van der Waals surface area contributed by atoms with Gasteiger partial charge in [0.05, 0.1) is 16.3 Å². The molecule has 1 rings (SSSR count). The fraction of sp³-hybridized carbons (Fsp3) is 0.385. The van der Waals surface area contributed by atoms with Crippen LogP contribution in [0.3, 0.4) is 0 Å². The van der Waals surface area contributed by atoms with Gasteiger partial charge in [-0.15, -0.1) is 0 Å². The number of rotatable bonds is 7. The van der Waals surface area contributed by atoms with Crippen molar-refractivity contribution in [3.63, 3.8) is 0 Å². The molecule has 0 fully saturated rings. The third kappa shape index (κ3) is 5.30. The van der Waals surface area contributed by atoms with Gasteiger partial charge in [-0.2, -0.15) is 0 Å². The van der Waals surface area contributed by atoms with Crippen molar-refractivity contribution in [3.8, 4) is 0 Å². The maximum absolute atomic E-state index is 11.7. The third-order valence-corrected chi connectivity index (χ3v) is 4.16. The van der Waals surface area contributed by atoms with Crippen LogP contribution >= 0.6 is 11.6 Å². The molecule has 0 aliphatic carbocycles. The van der Waals surface area contributed by atoms with E-state index in [0.29, 0.717) is 5.75 Å². The number of benzene rings is 1. The highest BCUT2D eigenvalue weighted by Gasteiger charge is 2.12. The Morgan fingerprint density at radius 2 is 2.10 bits per heavy atom. The number of unbranched alkanes of at least 4 members (excludes halogenated alkanes) is 1. The SMILES string of the molecule is CCCCS(=O)CC(=O)Nc1cc(C(=O)O)ccc1Cl. The minimum atomic E-state index is -1.22. The quantitative estimate of drug-likeness (QED) is 0.809. The van der Waals surface area contributed by atoms with Crippen LogP contribution in [0.4, 0.5) is 5.69 Å². The highest BCUT2D eigenvalue weighted by atomic mass is 35.5. The molecule has 0 aromatic heterocycles. The molecule has 110 valence electrons. The summed E-state index contributed by atoms with van der Waals surface area (Å²) in [5.41, 5.74) is 0.237. The molecule has 1 atom stereocenters. The van der Waals surface area contributed by atoms with E-state index in [2.05, 4.69) is 5.32 Å². The van der Waals surface area contributed by atoms with Gasteiger partial charge in [-0.25, -0.2) is 4.79 Å². The maximum Gasteiger partial charge on any atom is 0.335 e. The van der Waals surface area contributed by atoms with E-state index in [0.717, 1.165) is 12.8 Å². The molecule has 0 heterocycles. The lowest BCUT2D eigenvalue weighted by atomic mass is 10.2. The van der Waals surface area contributed by atoms with Gasteiger partial charge in [0.15, 0.2) is 0 Å². The van der Waals surface area contributed by atoms with E-state index in [1.165, 1.54) is 18.2 Å². The Morgan fingerprint density at radius 1 is 1.40 bits per heavy atom. The summed E-state index contributed by atoms with van der Waals surface area (Å²) in [6, 6.07) is 4.02. The van der Waals surface area contributed by atoms with Crippen molar-refractivity contribution in [3.05, 3.63) is 28.8 Å². The average Bonchev–Trinajstić information content (AvgIpc) is 2.38. The summed E-state index contributed by atoms with van der Waals surface area (Å²) in [6.07, 6.45) is 1.72. The Bertz CT molecular complexity index is 533. The summed E-state index contributed by atoms with van der Waals surface area (Å²) >= 11 is 5.88. The first-order valence-corrected chi connectivity index (χ1v) is 7.98. The van der Waals surface area contributed by atoms with E-state index in [1.54, 1.807) is 0 Å². The lowest BCUT2D eigenvalue weighted by Gasteiger charge is -2.08. The normalized spacial score (nSPS) is 11.9. The summed E-state index contributed by atoms with van der Waals surface area (Å²) in [6.45, 7) is 1.98.